The summed E-state index contributed by atoms with van der Waals surface area (Å²) in [6.07, 6.45) is 0. The van der Waals surface area contributed by atoms with Crippen molar-refractivity contribution in [3.8, 4) is 5.75 Å². The summed E-state index contributed by atoms with van der Waals surface area (Å²) in [6, 6.07) is 13.1. The first-order chi connectivity index (χ1) is 10.1. The van der Waals surface area contributed by atoms with Crippen LogP contribution in [0.4, 0.5) is 5.69 Å². The predicted molar refractivity (Wildman–Crippen MR) is 97.4 cm³/mol. The Kier molecular flexibility index (Phi) is 6.05. The number of rotatable bonds is 5. The van der Waals surface area contributed by atoms with Gasteiger partial charge in [-0.05, 0) is 65.9 Å². The molecule has 2 aromatic carbocycles. The number of amides is 1. The molecule has 0 aliphatic carbocycles. The zero-order valence-electron chi connectivity index (χ0n) is 11.5. The summed E-state index contributed by atoms with van der Waals surface area (Å²) < 4.78 is 6.58. The lowest BCUT2D eigenvalue weighted by atomic mass is 10.1. The van der Waals surface area contributed by atoms with E-state index >= 15 is 0 Å². The summed E-state index contributed by atoms with van der Waals surface area (Å²) in [4.78, 5) is 12.2. The molecule has 0 aromatic heterocycles. The van der Waals surface area contributed by atoms with Crippen LogP contribution in [0.15, 0.2) is 42.5 Å². The second-order valence-corrected chi connectivity index (χ2v) is 6.16. The normalized spacial score (nSPS) is 10.2. The van der Waals surface area contributed by atoms with E-state index in [1.165, 1.54) is 0 Å². The van der Waals surface area contributed by atoms with Crippen molar-refractivity contribution in [1.82, 2.24) is 0 Å². The second-order valence-electron chi connectivity index (χ2n) is 4.35. The summed E-state index contributed by atoms with van der Waals surface area (Å²) in [5.74, 6) is 0.722. The topological polar surface area (TPSA) is 38.3 Å². The smallest absolute Gasteiger partial charge is 0.255 e. The number of hydrogen-bond donors (Lipinski definition) is 1. The van der Waals surface area contributed by atoms with Crippen LogP contribution < -0.4 is 10.1 Å². The number of ether oxygens (including phenoxy) is 1. The highest BCUT2D eigenvalue weighted by atomic mass is 127. The van der Waals surface area contributed by atoms with Crippen LogP contribution in [-0.2, 0) is 5.33 Å². The third kappa shape index (κ3) is 4.44. The highest BCUT2D eigenvalue weighted by Crippen LogP contribution is 2.25. The van der Waals surface area contributed by atoms with Crippen molar-refractivity contribution < 1.29 is 9.53 Å². The van der Waals surface area contributed by atoms with Gasteiger partial charge in [-0.25, -0.2) is 0 Å². The van der Waals surface area contributed by atoms with Crippen molar-refractivity contribution in [2.45, 2.75) is 12.3 Å². The van der Waals surface area contributed by atoms with Crippen molar-refractivity contribution in [1.29, 1.82) is 0 Å². The molecule has 3 nitrogen and oxygen atoms in total. The molecule has 0 unspecified atom stereocenters. The zero-order chi connectivity index (χ0) is 15.2. The molecule has 110 valence electrons. The fourth-order valence-corrected chi connectivity index (χ4v) is 2.87. The van der Waals surface area contributed by atoms with Gasteiger partial charge in [0.1, 0.15) is 5.75 Å². The van der Waals surface area contributed by atoms with Gasteiger partial charge in [0.25, 0.3) is 5.91 Å². The van der Waals surface area contributed by atoms with Gasteiger partial charge in [0.15, 0.2) is 0 Å². The number of alkyl halides is 1. The number of carbonyl (C=O) groups excluding carboxylic acids is 1. The van der Waals surface area contributed by atoms with Crippen LogP contribution in [0.5, 0.6) is 5.75 Å². The number of anilines is 1. The summed E-state index contributed by atoms with van der Waals surface area (Å²) in [7, 11) is 0. The summed E-state index contributed by atoms with van der Waals surface area (Å²) in [6.45, 7) is 2.57. The van der Waals surface area contributed by atoms with E-state index < -0.39 is 0 Å². The van der Waals surface area contributed by atoms with E-state index in [9.17, 15) is 4.79 Å². The van der Waals surface area contributed by atoms with E-state index in [0.29, 0.717) is 17.5 Å². The lowest BCUT2D eigenvalue weighted by Crippen LogP contribution is -2.12. The number of nitrogens with one attached hydrogen (secondary N) is 1. The summed E-state index contributed by atoms with van der Waals surface area (Å²) >= 11 is 5.63. The zero-order valence-corrected chi connectivity index (χ0v) is 15.3. The third-order valence-electron chi connectivity index (χ3n) is 2.85. The van der Waals surface area contributed by atoms with Gasteiger partial charge >= 0.3 is 0 Å². The Hall–Kier alpha value is -1.08. The Morgan fingerprint density at radius 3 is 2.76 bits per heavy atom. The van der Waals surface area contributed by atoms with Crippen LogP contribution in [0.2, 0.25) is 0 Å². The molecule has 1 amide bonds. The standard InChI is InChI=1S/C16H15BrINO2/c1-2-21-15-7-6-14(9-12(15)10-17)19-16(20)11-4-3-5-13(18)8-11/h3-9H,2,10H2,1H3,(H,19,20). The van der Waals surface area contributed by atoms with Crippen LogP contribution in [0.25, 0.3) is 0 Å². The molecule has 0 radical (unpaired) electrons. The number of hydrogen-bond acceptors (Lipinski definition) is 2. The monoisotopic (exact) mass is 459 g/mol. The maximum atomic E-state index is 12.2. The number of carbonyl (C=O) groups is 1. The van der Waals surface area contributed by atoms with Crippen LogP contribution in [0, 0.1) is 3.57 Å². The highest BCUT2D eigenvalue weighted by Gasteiger charge is 2.09. The average molecular weight is 460 g/mol. The first-order valence-corrected chi connectivity index (χ1v) is 8.72. The van der Waals surface area contributed by atoms with E-state index in [-0.39, 0.29) is 5.91 Å². The Morgan fingerprint density at radius 1 is 1.29 bits per heavy atom. The Morgan fingerprint density at radius 2 is 2.10 bits per heavy atom. The van der Waals surface area contributed by atoms with E-state index in [0.717, 1.165) is 20.6 Å². The largest absolute Gasteiger partial charge is 0.494 e. The molecular formula is C16H15BrINO2. The minimum Gasteiger partial charge on any atom is -0.494 e. The van der Waals surface area contributed by atoms with Crippen molar-refractivity contribution in [2.75, 3.05) is 11.9 Å². The average Bonchev–Trinajstić information content (AvgIpc) is 2.49. The molecule has 0 heterocycles. The third-order valence-corrected chi connectivity index (χ3v) is 4.12. The summed E-state index contributed by atoms with van der Waals surface area (Å²) in [5.41, 5.74) is 2.42. The van der Waals surface area contributed by atoms with Gasteiger partial charge in [-0.1, -0.05) is 22.0 Å². The predicted octanol–water partition coefficient (Wildman–Crippen LogP) is 4.84. The van der Waals surface area contributed by atoms with Gasteiger partial charge in [0.05, 0.1) is 6.61 Å². The molecule has 0 fully saturated rings. The Bertz CT molecular complexity index is 646. The lowest BCUT2D eigenvalue weighted by Gasteiger charge is -2.11. The first-order valence-electron chi connectivity index (χ1n) is 6.52. The molecule has 21 heavy (non-hydrogen) atoms. The van der Waals surface area contributed by atoms with Gasteiger partial charge in [-0.3, -0.25) is 4.79 Å². The molecule has 2 rings (SSSR count). The van der Waals surface area contributed by atoms with Gasteiger partial charge in [-0.2, -0.15) is 0 Å². The minimum atomic E-state index is -0.113. The quantitative estimate of drug-likeness (QED) is 0.513. The minimum absolute atomic E-state index is 0.113. The molecule has 0 aliphatic rings. The molecule has 0 atom stereocenters. The molecule has 0 aliphatic heterocycles. The first kappa shape index (κ1) is 16.3. The van der Waals surface area contributed by atoms with Crippen molar-refractivity contribution in [2.24, 2.45) is 0 Å². The fraction of sp³-hybridized carbons (Fsp3) is 0.188. The molecule has 5 heteroatoms. The van der Waals surface area contributed by atoms with Crippen LogP contribution >= 0.6 is 38.5 Å². The number of halogens is 2. The van der Waals surface area contributed by atoms with Gasteiger partial charge in [0.2, 0.25) is 0 Å². The molecule has 2 aromatic rings. The summed E-state index contributed by atoms with van der Waals surface area (Å²) in [5, 5.41) is 3.59. The van der Waals surface area contributed by atoms with Gasteiger partial charge in [-0.15, -0.1) is 0 Å². The van der Waals surface area contributed by atoms with Gasteiger partial charge < -0.3 is 10.1 Å². The van der Waals surface area contributed by atoms with E-state index in [1.807, 2.05) is 43.3 Å². The molecule has 0 spiro atoms. The van der Waals surface area contributed by atoms with E-state index in [1.54, 1.807) is 6.07 Å². The van der Waals surface area contributed by atoms with Crippen LogP contribution in [-0.4, -0.2) is 12.5 Å². The van der Waals surface area contributed by atoms with Gasteiger partial charge in [0, 0.05) is 25.7 Å². The van der Waals surface area contributed by atoms with Crippen molar-refractivity contribution >= 4 is 50.1 Å². The Balaban J connectivity index is 2.17. The number of benzene rings is 2. The van der Waals surface area contributed by atoms with E-state index in [2.05, 4.69) is 43.8 Å². The lowest BCUT2D eigenvalue weighted by molar-refractivity contribution is 0.102. The molecule has 0 saturated heterocycles. The highest BCUT2D eigenvalue weighted by molar-refractivity contribution is 14.1. The molecule has 0 saturated carbocycles. The van der Waals surface area contributed by atoms with E-state index in [4.69, 9.17) is 4.74 Å². The van der Waals surface area contributed by atoms with Crippen molar-refractivity contribution in [3.05, 3.63) is 57.2 Å². The van der Waals surface area contributed by atoms with Crippen molar-refractivity contribution in [3.63, 3.8) is 0 Å². The van der Waals surface area contributed by atoms with Crippen LogP contribution in [0.3, 0.4) is 0 Å². The fourth-order valence-electron chi connectivity index (χ4n) is 1.89. The Labute approximate surface area is 146 Å². The molecule has 1 N–H and O–H groups in total. The molecular weight excluding hydrogens is 445 g/mol. The second kappa shape index (κ2) is 7.79. The van der Waals surface area contributed by atoms with Crippen LogP contribution in [0.1, 0.15) is 22.8 Å². The maximum absolute atomic E-state index is 12.2. The molecule has 0 bridgehead atoms. The SMILES string of the molecule is CCOc1ccc(NC(=O)c2cccc(I)c2)cc1CBr. The maximum Gasteiger partial charge on any atom is 0.255 e.